The Labute approximate surface area is 154 Å². The largest absolute Gasteiger partial charge is 0.492 e. The van der Waals surface area contributed by atoms with Crippen molar-refractivity contribution < 1.29 is 14.3 Å². The Morgan fingerprint density at radius 1 is 1.12 bits per heavy atom. The van der Waals surface area contributed by atoms with Gasteiger partial charge in [-0.2, -0.15) is 0 Å². The van der Waals surface area contributed by atoms with Crippen LogP contribution in [0.5, 0.6) is 11.5 Å². The van der Waals surface area contributed by atoms with Crippen molar-refractivity contribution in [1.29, 1.82) is 0 Å². The Bertz CT molecular complexity index is 881. The molecule has 0 fully saturated rings. The molecule has 5 nitrogen and oxygen atoms in total. The summed E-state index contributed by atoms with van der Waals surface area (Å²) in [5.74, 6) is 1.09. The van der Waals surface area contributed by atoms with Crippen molar-refractivity contribution >= 4 is 38.4 Å². The molecule has 3 aromatic rings. The number of pyridine rings is 1. The average molecular weight is 401 g/mol. The number of hydrogen-bond acceptors (Lipinski definition) is 4. The maximum atomic E-state index is 12.2. The van der Waals surface area contributed by atoms with Crippen LogP contribution in [0.4, 0.5) is 5.69 Å². The number of nitrogens with zero attached hydrogens (tertiary/aromatic N) is 1. The van der Waals surface area contributed by atoms with Gasteiger partial charge in [-0.25, -0.2) is 0 Å². The second-order valence-electron chi connectivity index (χ2n) is 5.23. The summed E-state index contributed by atoms with van der Waals surface area (Å²) in [6, 6.07) is 14.7. The Hall–Kier alpha value is -2.60. The van der Waals surface area contributed by atoms with Crippen LogP contribution in [0.3, 0.4) is 0 Å². The molecule has 2 aromatic carbocycles. The van der Waals surface area contributed by atoms with Crippen molar-refractivity contribution in [3.63, 3.8) is 0 Å². The van der Waals surface area contributed by atoms with Crippen molar-refractivity contribution in [2.45, 2.75) is 6.92 Å². The highest BCUT2D eigenvalue weighted by atomic mass is 79.9. The van der Waals surface area contributed by atoms with E-state index < -0.39 is 0 Å². The minimum absolute atomic E-state index is 0.0728. The van der Waals surface area contributed by atoms with Gasteiger partial charge < -0.3 is 14.8 Å². The molecule has 1 heterocycles. The van der Waals surface area contributed by atoms with Crippen LogP contribution in [0, 0.1) is 0 Å². The number of nitrogens with one attached hydrogen (secondary N) is 1. The Morgan fingerprint density at radius 2 is 1.92 bits per heavy atom. The van der Waals surface area contributed by atoms with E-state index in [1.165, 1.54) is 0 Å². The van der Waals surface area contributed by atoms with Gasteiger partial charge in [-0.15, -0.1) is 0 Å². The molecule has 0 radical (unpaired) electrons. The van der Waals surface area contributed by atoms with Crippen LogP contribution in [0.25, 0.3) is 10.9 Å². The third-order valence-corrected chi connectivity index (χ3v) is 4.02. The number of aromatic nitrogens is 1. The Balaban J connectivity index is 1.72. The van der Waals surface area contributed by atoms with Gasteiger partial charge in [0.2, 0.25) is 0 Å². The lowest BCUT2D eigenvalue weighted by Crippen LogP contribution is -2.20. The van der Waals surface area contributed by atoms with Crippen molar-refractivity contribution in [3.8, 4) is 11.5 Å². The van der Waals surface area contributed by atoms with E-state index in [2.05, 4.69) is 26.2 Å². The van der Waals surface area contributed by atoms with E-state index in [9.17, 15) is 4.79 Å². The Morgan fingerprint density at radius 3 is 2.68 bits per heavy atom. The number of ether oxygens (including phenoxy) is 2. The molecule has 1 amide bonds. The van der Waals surface area contributed by atoms with Crippen LogP contribution in [-0.4, -0.2) is 24.1 Å². The molecular weight excluding hydrogens is 384 g/mol. The van der Waals surface area contributed by atoms with Gasteiger partial charge in [0.15, 0.2) is 6.61 Å². The minimum atomic E-state index is -0.239. The first-order valence-electron chi connectivity index (χ1n) is 7.86. The fourth-order valence-electron chi connectivity index (χ4n) is 2.39. The van der Waals surface area contributed by atoms with Crippen LogP contribution in [0.1, 0.15) is 6.92 Å². The zero-order chi connectivity index (χ0) is 17.6. The number of carbonyl (C=O) groups is 1. The summed E-state index contributed by atoms with van der Waals surface area (Å²) in [6.07, 6.45) is 1.70. The summed E-state index contributed by atoms with van der Waals surface area (Å²) in [6.45, 7) is 2.40. The quantitative estimate of drug-likeness (QED) is 0.665. The summed E-state index contributed by atoms with van der Waals surface area (Å²) in [5.41, 5.74) is 1.40. The van der Waals surface area contributed by atoms with E-state index in [1.54, 1.807) is 18.3 Å². The first-order valence-corrected chi connectivity index (χ1v) is 8.65. The average Bonchev–Trinajstić information content (AvgIpc) is 2.63. The molecule has 0 unspecified atom stereocenters. The smallest absolute Gasteiger partial charge is 0.262 e. The number of carbonyl (C=O) groups excluding carboxylic acids is 1. The number of anilines is 1. The maximum Gasteiger partial charge on any atom is 0.262 e. The first-order chi connectivity index (χ1) is 12.2. The van der Waals surface area contributed by atoms with Gasteiger partial charge in [0.1, 0.15) is 17.0 Å². The van der Waals surface area contributed by atoms with Crippen molar-refractivity contribution in [1.82, 2.24) is 4.98 Å². The monoisotopic (exact) mass is 400 g/mol. The second kappa shape index (κ2) is 7.98. The van der Waals surface area contributed by atoms with Gasteiger partial charge in [0, 0.05) is 16.1 Å². The molecule has 3 rings (SSSR count). The molecule has 1 aromatic heterocycles. The summed E-state index contributed by atoms with van der Waals surface area (Å²) < 4.78 is 12.0. The van der Waals surface area contributed by atoms with Gasteiger partial charge >= 0.3 is 0 Å². The highest BCUT2D eigenvalue weighted by Crippen LogP contribution is 2.30. The topological polar surface area (TPSA) is 60.5 Å². The van der Waals surface area contributed by atoms with Gasteiger partial charge in [-0.05, 0) is 55.5 Å². The zero-order valence-electron chi connectivity index (χ0n) is 13.7. The first kappa shape index (κ1) is 17.2. The summed E-state index contributed by atoms with van der Waals surface area (Å²) in [7, 11) is 0. The van der Waals surface area contributed by atoms with Gasteiger partial charge in [0.05, 0.1) is 12.3 Å². The normalized spacial score (nSPS) is 10.5. The molecule has 6 heteroatoms. The summed E-state index contributed by atoms with van der Waals surface area (Å²) >= 11 is 3.36. The van der Waals surface area contributed by atoms with E-state index in [1.807, 2.05) is 43.3 Å². The fraction of sp³-hybridized carbons (Fsp3) is 0.158. The van der Waals surface area contributed by atoms with E-state index >= 15 is 0 Å². The highest BCUT2D eigenvalue weighted by molar-refractivity contribution is 9.10. The summed E-state index contributed by atoms with van der Waals surface area (Å²) in [4.78, 5) is 16.6. The lowest BCUT2D eigenvalue weighted by Gasteiger charge is -2.12. The standard InChI is InChI=1S/C19H17BrN2O3/c1-2-24-17-10-9-16(15-4-3-11-21-19(15)17)22-18(23)12-25-14-7-5-13(20)6-8-14/h3-11H,2,12H2,1H3,(H,22,23). The van der Waals surface area contributed by atoms with E-state index in [0.717, 1.165) is 15.4 Å². The van der Waals surface area contributed by atoms with Gasteiger partial charge in [-0.1, -0.05) is 15.9 Å². The number of amides is 1. The molecule has 1 N–H and O–H groups in total. The number of rotatable bonds is 6. The van der Waals surface area contributed by atoms with Crippen LogP contribution < -0.4 is 14.8 Å². The number of hydrogen-bond donors (Lipinski definition) is 1. The minimum Gasteiger partial charge on any atom is -0.492 e. The molecule has 0 aliphatic carbocycles. The molecular formula is C19H17BrN2O3. The number of benzene rings is 2. The van der Waals surface area contributed by atoms with Crippen LogP contribution in [0.15, 0.2) is 59.2 Å². The van der Waals surface area contributed by atoms with E-state index in [-0.39, 0.29) is 12.5 Å². The lowest BCUT2D eigenvalue weighted by atomic mass is 10.1. The molecule has 0 atom stereocenters. The van der Waals surface area contributed by atoms with E-state index in [0.29, 0.717) is 23.8 Å². The predicted molar refractivity (Wildman–Crippen MR) is 101 cm³/mol. The number of fused-ring (bicyclic) bond motifs is 1. The summed E-state index contributed by atoms with van der Waals surface area (Å²) in [5, 5.41) is 3.69. The molecule has 0 spiro atoms. The number of halogens is 1. The third kappa shape index (κ3) is 4.28. The fourth-order valence-corrected chi connectivity index (χ4v) is 2.66. The van der Waals surface area contributed by atoms with Crippen molar-refractivity contribution in [3.05, 3.63) is 59.2 Å². The van der Waals surface area contributed by atoms with Gasteiger partial charge in [-0.3, -0.25) is 9.78 Å². The molecule has 0 aliphatic heterocycles. The molecule has 0 aliphatic rings. The van der Waals surface area contributed by atoms with Crippen LogP contribution >= 0.6 is 15.9 Å². The van der Waals surface area contributed by atoms with E-state index in [4.69, 9.17) is 9.47 Å². The Kier molecular flexibility index (Phi) is 5.50. The maximum absolute atomic E-state index is 12.2. The second-order valence-corrected chi connectivity index (χ2v) is 6.15. The molecule has 0 saturated heterocycles. The SMILES string of the molecule is CCOc1ccc(NC(=O)COc2ccc(Br)cc2)c2cccnc12. The van der Waals surface area contributed by atoms with Crippen LogP contribution in [-0.2, 0) is 4.79 Å². The lowest BCUT2D eigenvalue weighted by molar-refractivity contribution is -0.118. The van der Waals surface area contributed by atoms with Crippen molar-refractivity contribution in [2.24, 2.45) is 0 Å². The highest BCUT2D eigenvalue weighted by Gasteiger charge is 2.11. The van der Waals surface area contributed by atoms with Gasteiger partial charge in [0.25, 0.3) is 5.91 Å². The van der Waals surface area contributed by atoms with Crippen molar-refractivity contribution in [2.75, 3.05) is 18.5 Å². The van der Waals surface area contributed by atoms with Crippen LogP contribution in [0.2, 0.25) is 0 Å². The molecule has 25 heavy (non-hydrogen) atoms. The third-order valence-electron chi connectivity index (χ3n) is 3.49. The molecule has 128 valence electrons. The molecule has 0 bridgehead atoms. The zero-order valence-corrected chi connectivity index (χ0v) is 15.2. The molecule has 0 saturated carbocycles. The predicted octanol–water partition coefficient (Wildman–Crippen LogP) is 4.41.